The molecule has 2 aromatic rings. The lowest BCUT2D eigenvalue weighted by Crippen LogP contribution is -2.22. The SMILES string of the molecule is COc1ccc(SC(C)C(=O)Nc2cc(Cl)ccc2O)cc1. The number of aromatic hydroxyl groups is 1. The molecule has 1 amide bonds. The van der Waals surface area contributed by atoms with Gasteiger partial charge in [0.05, 0.1) is 18.0 Å². The number of carbonyl (C=O) groups excluding carboxylic acids is 1. The molecule has 0 aromatic heterocycles. The normalized spacial score (nSPS) is 11.8. The Labute approximate surface area is 138 Å². The summed E-state index contributed by atoms with van der Waals surface area (Å²) < 4.78 is 5.10. The van der Waals surface area contributed by atoms with Gasteiger partial charge in [-0.25, -0.2) is 0 Å². The monoisotopic (exact) mass is 337 g/mol. The standard InChI is InChI=1S/C16H16ClNO3S/c1-10(22-13-6-4-12(21-2)5-7-13)16(20)18-14-9-11(17)3-8-15(14)19/h3-10,19H,1-2H3,(H,18,20). The van der Waals surface area contributed by atoms with Gasteiger partial charge >= 0.3 is 0 Å². The van der Waals surface area contributed by atoms with Crippen molar-refractivity contribution in [3.05, 3.63) is 47.5 Å². The highest BCUT2D eigenvalue weighted by atomic mass is 35.5. The molecule has 0 bridgehead atoms. The van der Waals surface area contributed by atoms with Crippen molar-refractivity contribution >= 4 is 35.0 Å². The van der Waals surface area contributed by atoms with Gasteiger partial charge in [-0.15, -0.1) is 11.8 Å². The molecule has 4 nitrogen and oxygen atoms in total. The van der Waals surface area contributed by atoms with Crippen LogP contribution in [0.3, 0.4) is 0 Å². The number of carbonyl (C=O) groups is 1. The smallest absolute Gasteiger partial charge is 0.237 e. The maximum Gasteiger partial charge on any atom is 0.237 e. The number of phenols is 1. The lowest BCUT2D eigenvalue weighted by Gasteiger charge is -2.13. The number of ether oxygens (including phenoxy) is 1. The number of hydrogen-bond acceptors (Lipinski definition) is 4. The maximum absolute atomic E-state index is 12.2. The highest BCUT2D eigenvalue weighted by Crippen LogP contribution is 2.29. The van der Waals surface area contributed by atoms with Gasteiger partial charge in [-0.3, -0.25) is 4.79 Å². The fraction of sp³-hybridized carbons (Fsp3) is 0.188. The van der Waals surface area contributed by atoms with Crippen LogP contribution in [-0.4, -0.2) is 23.4 Å². The van der Waals surface area contributed by atoms with Crippen LogP contribution in [0.5, 0.6) is 11.5 Å². The molecule has 0 aliphatic carbocycles. The average Bonchev–Trinajstić information content (AvgIpc) is 2.51. The van der Waals surface area contributed by atoms with Gasteiger partial charge in [-0.1, -0.05) is 11.6 Å². The van der Waals surface area contributed by atoms with Crippen molar-refractivity contribution in [3.63, 3.8) is 0 Å². The molecule has 0 spiro atoms. The third kappa shape index (κ3) is 4.32. The van der Waals surface area contributed by atoms with E-state index in [0.29, 0.717) is 10.7 Å². The number of nitrogens with one attached hydrogen (secondary N) is 1. The molecular weight excluding hydrogens is 322 g/mol. The van der Waals surface area contributed by atoms with Crippen molar-refractivity contribution in [2.24, 2.45) is 0 Å². The number of phenolic OH excluding ortho intramolecular Hbond substituents is 1. The number of amides is 1. The molecule has 0 fully saturated rings. The Bertz CT molecular complexity index is 661. The van der Waals surface area contributed by atoms with Crippen molar-refractivity contribution in [2.45, 2.75) is 17.1 Å². The van der Waals surface area contributed by atoms with Crippen LogP contribution in [0.2, 0.25) is 5.02 Å². The van der Waals surface area contributed by atoms with E-state index in [2.05, 4.69) is 5.32 Å². The molecule has 1 atom stereocenters. The van der Waals surface area contributed by atoms with Gasteiger partial charge in [-0.05, 0) is 49.4 Å². The summed E-state index contributed by atoms with van der Waals surface area (Å²) >= 11 is 7.28. The van der Waals surface area contributed by atoms with Crippen molar-refractivity contribution < 1.29 is 14.6 Å². The van der Waals surface area contributed by atoms with Gasteiger partial charge in [0, 0.05) is 9.92 Å². The van der Waals surface area contributed by atoms with E-state index < -0.39 is 0 Å². The molecule has 22 heavy (non-hydrogen) atoms. The minimum absolute atomic E-state index is 0.0144. The number of thioether (sulfide) groups is 1. The van der Waals surface area contributed by atoms with Crippen molar-refractivity contribution in [3.8, 4) is 11.5 Å². The van der Waals surface area contributed by atoms with Crippen LogP contribution in [0, 0.1) is 0 Å². The second kappa shape index (κ2) is 7.42. The second-order valence-corrected chi connectivity index (χ2v) is 6.44. The number of anilines is 1. The van der Waals surface area contributed by atoms with Gasteiger partial charge in [0.2, 0.25) is 5.91 Å². The molecule has 0 aliphatic heterocycles. The number of rotatable bonds is 5. The van der Waals surface area contributed by atoms with E-state index in [0.717, 1.165) is 10.6 Å². The fourth-order valence-corrected chi connectivity index (χ4v) is 2.79. The van der Waals surface area contributed by atoms with Gasteiger partial charge in [-0.2, -0.15) is 0 Å². The summed E-state index contributed by atoms with van der Waals surface area (Å²) in [5.41, 5.74) is 0.305. The Kier molecular flexibility index (Phi) is 5.57. The molecule has 0 heterocycles. The highest BCUT2D eigenvalue weighted by molar-refractivity contribution is 8.00. The zero-order valence-corrected chi connectivity index (χ0v) is 13.7. The lowest BCUT2D eigenvalue weighted by atomic mass is 10.3. The first-order valence-corrected chi connectivity index (χ1v) is 7.85. The molecular formula is C16H16ClNO3S. The average molecular weight is 338 g/mol. The van der Waals surface area contributed by atoms with E-state index >= 15 is 0 Å². The maximum atomic E-state index is 12.2. The lowest BCUT2D eigenvalue weighted by molar-refractivity contribution is -0.115. The largest absolute Gasteiger partial charge is 0.506 e. The minimum atomic E-state index is -0.327. The first kappa shape index (κ1) is 16.5. The first-order valence-electron chi connectivity index (χ1n) is 6.59. The molecule has 0 aliphatic rings. The summed E-state index contributed by atoms with van der Waals surface area (Å²) in [6, 6.07) is 12.0. The topological polar surface area (TPSA) is 58.6 Å². The molecule has 0 saturated carbocycles. The van der Waals surface area contributed by atoms with E-state index in [-0.39, 0.29) is 16.9 Å². The molecule has 6 heteroatoms. The fourth-order valence-electron chi connectivity index (χ4n) is 1.75. The van der Waals surface area contributed by atoms with E-state index in [4.69, 9.17) is 16.3 Å². The summed E-state index contributed by atoms with van der Waals surface area (Å²) in [6.45, 7) is 1.80. The number of halogens is 1. The van der Waals surface area contributed by atoms with Gasteiger partial charge in [0.25, 0.3) is 0 Å². The second-order valence-electron chi connectivity index (χ2n) is 4.59. The molecule has 116 valence electrons. The number of benzene rings is 2. The molecule has 2 rings (SSSR count). The molecule has 2 aromatic carbocycles. The zero-order chi connectivity index (χ0) is 16.1. The van der Waals surface area contributed by atoms with Crippen molar-refractivity contribution in [1.82, 2.24) is 0 Å². The van der Waals surface area contributed by atoms with Crippen LogP contribution < -0.4 is 10.1 Å². The van der Waals surface area contributed by atoms with E-state index in [1.165, 1.54) is 23.9 Å². The Morgan fingerprint density at radius 3 is 2.59 bits per heavy atom. The number of methoxy groups -OCH3 is 1. The Morgan fingerprint density at radius 1 is 1.27 bits per heavy atom. The highest BCUT2D eigenvalue weighted by Gasteiger charge is 2.16. The molecule has 0 radical (unpaired) electrons. The molecule has 1 unspecified atom stereocenters. The third-order valence-corrected chi connectivity index (χ3v) is 4.31. The molecule has 0 saturated heterocycles. The van der Waals surface area contributed by atoms with Crippen LogP contribution in [0.1, 0.15) is 6.92 Å². The van der Waals surface area contributed by atoms with Gasteiger partial charge in [0.1, 0.15) is 11.5 Å². The summed E-state index contributed by atoms with van der Waals surface area (Å²) in [4.78, 5) is 13.1. The van der Waals surface area contributed by atoms with Gasteiger partial charge in [0.15, 0.2) is 0 Å². The summed E-state index contributed by atoms with van der Waals surface area (Å²) in [5, 5.41) is 12.5. The van der Waals surface area contributed by atoms with Crippen molar-refractivity contribution in [2.75, 3.05) is 12.4 Å². The Hall–Kier alpha value is -1.85. The summed E-state index contributed by atoms with van der Waals surface area (Å²) in [5.74, 6) is 0.545. The Morgan fingerprint density at radius 2 is 1.95 bits per heavy atom. The van der Waals surface area contributed by atoms with Crippen LogP contribution >= 0.6 is 23.4 Å². The van der Waals surface area contributed by atoms with E-state index in [9.17, 15) is 9.90 Å². The van der Waals surface area contributed by atoms with Crippen LogP contribution in [0.25, 0.3) is 0 Å². The predicted molar refractivity (Wildman–Crippen MR) is 90.1 cm³/mol. The van der Waals surface area contributed by atoms with E-state index in [1.54, 1.807) is 20.1 Å². The summed E-state index contributed by atoms with van der Waals surface area (Å²) in [6.07, 6.45) is 0. The van der Waals surface area contributed by atoms with Crippen LogP contribution in [-0.2, 0) is 4.79 Å². The van der Waals surface area contributed by atoms with E-state index in [1.807, 2.05) is 24.3 Å². The summed E-state index contributed by atoms with van der Waals surface area (Å²) in [7, 11) is 1.61. The van der Waals surface area contributed by atoms with Crippen LogP contribution in [0.4, 0.5) is 5.69 Å². The predicted octanol–water partition coefficient (Wildman–Crippen LogP) is 4.17. The zero-order valence-electron chi connectivity index (χ0n) is 12.2. The quantitative estimate of drug-likeness (QED) is 0.635. The number of hydrogen-bond donors (Lipinski definition) is 2. The van der Waals surface area contributed by atoms with Crippen molar-refractivity contribution in [1.29, 1.82) is 0 Å². The molecule has 2 N–H and O–H groups in total. The minimum Gasteiger partial charge on any atom is -0.506 e. The third-order valence-electron chi connectivity index (χ3n) is 2.96. The first-order chi connectivity index (χ1) is 10.5. The Balaban J connectivity index is 2.00. The van der Waals surface area contributed by atoms with Gasteiger partial charge < -0.3 is 15.2 Å². The van der Waals surface area contributed by atoms with Crippen LogP contribution in [0.15, 0.2) is 47.4 Å².